The van der Waals surface area contributed by atoms with Crippen molar-refractivity contribution in [1.29, 1.82) is 0 Å². The Hall–Kier alpha value is -4.12. The molecule has 2 N–H and O–H groups in total. The van der Waals surface area contributed by atoms with Crippen LogP contribution in [0.1, 0.15) is 42.5 Å². The third kappa shape index (κ3) is 4.96. The van der Waals surface area contributed by atoms with Gasteiger partial charge < -0.3 is 10.6 Å². The van der Waals surface area contributed by atoms with E-state index >= 15 is 0 Å². The van der Waals surface area contributed by atoms with Crippen LogP contribution in [-0.4, -0.2) is 65.2 Å². The fourth-order valence-corrected chi connectivity index (χ4v) is 4.48. The van der Waals surface area contributed by atoms with Gasteiger partial charge >= 0.3 is 0 Å². The van der Waals surface area contributed by atoms with Gasteiger partial charge in [0.05, 0.1) is 36.0 Å². The summed E-state index contributed by atoms with van der Waals surface area (Å²) in [6.45, 7) is 5.21. The van der Waals surface area contributed by atoms with E-state index < -0.39 is 5.91 Å². The van der Waals surface area contributed by atoms with Crippen LogP contribution in [0.3, 0.4) is 0 Å². The van der Waals surface area contributed by atoms with Crippen molar-refractivity contribution < 1.29 is 9.59 Å². The molecule has 0 bridgehead atoms. The topological polar surface area (TPSA) is 122 Å². The minimum atomic E-state index is -0.424. The number of anilines is 2. The second-order valence-electron chi connectivity index (χ2n) is 9.24. The molecule has 2 amide bonds. The number of rotatable bonds is 6. The highest BCUT2D eigenvalue weighted by atomic mass is 16.2. The number of carbonyl (C=O) groups excluding carboxylic acids is 2. The average molecular weight is 488 g/mol. The van der Waals surface area contributed by atoms with E-state index in [1.54, 1.807) is 40.7 Å². The van der Waals surface area contributed by atoms with Crippen LogP contribution in [0, 0.1) is 6.92 Å². The number of hydrogen-bond acceptors (Lipinski definition) is 7. The zero-order valence-corrected chi connectivity index (χ0v) is 20.6. The lowest BCUT2D eigenvalue weighted by Gasteiger charge is -2.32. The predicted molar refractivity (Wildman–Crippen MR) is 136 cm³/mol. The molecule has 4 aromatic rings. The summed E-state index contributed by atoms with van der Waals surface area (Å²) in [7, 11) is 1.86. The Bertz CT molecular complexity index is 1420. The molecule has 0 aromatic carbocycles. The Kier molecular flexibility index (Phi) is 6.47. The van der Waals surface area contributed by atoms with Gasteiger partial charge in [-0.25, -0.2) is 0 Å². The van der Waals surface area contributed by atoms with Crippen LogP contribution >= 0.6 is 0 Å². The van der Waals surface area contributed by atoms with Crippen LogP contribution in [0.15, 0.2) is 43.0 Å². The summed E-state index contributed by atoms with van der Waals surface area (Å²) in [6, 6.07) is 5.85. The van der Waals surface area contributed by atoms with Gasteiger partial charge in [0, 0.05) is 31.0 Å². The van der Waals surface area contributed by atoms with Gasteiger partial charge in [-0.05, 0) is 57.0 Å². The van der Waals surface area contributed by atoms with Crippen molar-refractivity contribution in [1.82, 2.24) is 34.3 Å². The quantitative estimate of drug-likeness (QED) is 0.429. The molecule has 1 aliphatic rings. The third-order valence-electron chi connectivity index (χ3n) is 6.56. The van der Waals surface area contributed by atoms with Crippen molar-refractivity contribution in [2.24, 2.45) is 7.05 Å². The van der Waals surface area contributed by atoms with Gasteiger partial charge in [-0.15, -0.1) is 10.2 Å². The molecule has 11 heteroatoms. The number of likely N-dealkylation sites (tertiary alicyclic amines) is 1. The maximum atomic E-state index is 13.1. The molecular formula is C25H29N9O2. The fraction of sp³-hybridized carbons (Fsp3) is 0.360. The second kappa shape index (κ2) is 9.86. The van der Waals surface area contributed by atoms with Gasteiger partial charge in [-0.3, -0.25) is 28.6 Å². The Morgan fingerprint density at radius 3 is 2.75 bits per heavy atom. The van der Waals surface area contributed by atoms with Crippen molar-refractivity contribution in [3.8, 4) is 11.1 Å². The summed E-state index contributed by atoms with van der Waals surface area (Å²) < 4.78 is 3.35. The van der Waals surface area contributed by atoms with Crippen LogP contribution in [0.2, 0.25) is 0 Å². The summed E-state index contributed by atoms with van der Waals surface area (Å²) in [5, 5.41) is 18.2. The molecule has 0 saturated carbocycles. The fourth-order valence-electron chi connectivity index (χ4n) is 4.48. The van der Waals surface area contributed by atoms with Crippen molar-refractivity contribution in [3.05, 3.63) is 54.5 Å². The third-order valence-corrected chi connectivity index (χ3v) is 6.56. The van der Waals surface area contributed by atoms with E-state index in [1.165, 1.54) is 6.42 Å². The number of nitrogens with one attached hydrogen (secondary N) is 2. The first-order valence-corrected chi connectivity index (χ1v) is 12.0. The number of hydrogen-bond donors (Lipinski definition) is 2. The van der Waals surface area contributed by atoms with E-state index in [0.29, 0.717) is 35.3 Å². The van der Waals surface area contributed by atoms with Crippen molar-refractivity contribution in [2.45, 2.75) is 39.2 Å². The van der Waals surface area contributed by atoms with Crippen molar-refractivity contribution >= 4 is 28.8 Å². The number of nitrogens with zero attached hydrogens (tertiary/aromatic N) is 7. The summed E-state index contributed by atoms with van der Waals surface area (Å²) >= 11 is 0. The number of fused-ring (bicyclic) bond motifs is 1. The number of aryl methyl sites for hydroxylation is 2. The summed E-state index contributed by atoms with van der Waals surface area (Å²) in [4.78, 5) is 32.2. The molecule has 1 fully saturated rings. The van der Waals surface area contributed by atoms with Gasteiger partial charge in [-0.2, -0.15) is 5.10 Å². The molecule has 186 valence electrons. The van der Waals surface area contributed by atoms with Crippen LogP contribution in [0.25, 0.3) is 16.8 Å². The minimum Gasteiger partial charge on any atom is -0.324 e. The molecule has 5 rings (SSSR count). The van der Waals surface area contributed by atoms with E-state index in [1.807, 2.05) is 25.4 Å². The van der Waals surface area contributed by atoms with E-state index in [0.717, 1.165) is 30.5 Å². The van der Waals surface area contributed by atoms with Crippen LogP contribution in [-0.2, 0) is 11.8 Å². The van der Waals surface area contributed by atoms with Crippen molar-refractivity contribution in [2.75, 3.05) is 23.7 Å². The van der Waals surface area contributed by atoms with Gasteiger partial charge in [0.25, 0.3) is 5.91 Å². The molecule has 0 radical (unpaired) electrons. The number of aromatic nitrogens is 6. The van der Waals surface area contributed by atoms with Gasteiger partial charge in [0.15, 0.2) is 5.65 Å². The highest BCUT2D eigenvalue weighted by Crippen LogP contribution is 2.22. The van der Waals surface area contributed by atoms with Crippen LogP contribution in [0.4, 0.5) is 11.4 Å². The molecule has 36 heavy (non-hydrogen) atoms. The number of carbonyl (C=O) groups is 2. The maximum absolute atomic E-state index is 13.1. The molecular weight excluding hydrogens is 458 g/mol. The van der Waals surface area contributed by atoms with E-state index in [9.17, 15) is 9.59 Å². The molecule has 0 aliphatic carbocycles. The number of pyridine rings is 2. The lowest BCUT2D eigenvalue weighted by molar-refractivity contribution is -0.118. The standard InChI is InChI=1S/C25H29N9O2/c1-16-6-4-5-8-33(16)15-23(35)28-20-11-21(17(2)26-13-20)29-25(36)24-31-30-22-10-18(7-9-34(22)24)19-12-27-32(3)14-19/h7,9-14,16H,4-6,8,15H2,1-3H3,(H,28,35)(H,29,36). The summed E-state index contributed by atoms with van der Waals surface area (Å²) in [5.74, 6) is -0.373. The monoisotopic (exact) mass is 487 g/mol. The number of piperidine rings is 1. The molecule has 11 nitrogen and oxygen atoms in total. The van der Waals surface area contributed by atoms with Crippen LogP contribution in [0.5, 0.6) is 0 Å². The molecule has 1 saturated heterocycles. The van der Waals surface area contributed by atoms with Gasteiger partial charge in [-0.1, -0.05) is 6.42 Å². The maximum Gasteiger partial charge on any atom is 0.294 e. The van der Waals surface area contributed by atoms with Gasteiger partial charge in [0.1, 0.15) is 0 Å². The highest BCUT2D eigenvalue weighted by Gasteiger charge is 2.21. The normalized spacial score (nSPS) is 16.2. The Morgan fingerprint density at radius 2 is 1.97 bits per heavy atom. The molecule has 1 aliphatic heterocycles. The first-order chi connectivity index (χ1) is 17.4. The SMILES string of the molecule is Cc1ncc(NC(=O)CN2CCCCC2C)cc1NC(=O)c1nnc2cc(-c3cnn(C)c3)ccn12. The lowest BCUT2D eigenvalue weighted by Crippen LogP contribution is -2.42. The zero-order valence-electron chi connectivity index (χ0n) is 20.6. The lowest BCUT2D eigenvalue weighted by atomic mass is 10.0. The first-order valence-electron chi connectivity index (χ1n) is 12.0. The van der Waals surface area contributed by atoms with E-state index in [4.69, 9.17) is 0 Å². The highest BCUT2D eigenvalue weighted by molar-refractivity contribution is 6.03. The molecule has 1 atom stereocenters. The number of amides is 2. The molecule has 5 heterocycles. The average Bonchev–Trinajstić information content (AvgIpc) is 3.48. The van der Waals surface area contributed by atoms with E-state index in [-0.39, 0.29) is 11.7 Å². The Morgan fingerprint density at radius 1 is 1.11 bits per heavy atom. The summed E-state index contributed by atoms with van der Waals surface area (Å²) in [6.07, 6.45) is 10.5. The Balaban J connectivity index is 1.29. The molecule has 0 spiro atoms. The minimum absolute atomic E-state index is 0.0976. The first kappa shape index (κ1) is 23.6. The molecule has 1 unspecified atom stereocenters. The second-order valence-corrected chi connectivity index (χ2v) is 9.24. The largest absolute Gasteiger partial charge is 0.324 e. The zero-order chi connectivity index (χ0) is 25.2. The summed E-state index contributed by atoms with van der Waals surface area (Å²) in [5.41, 5.74) is 4.07. The predicted octanol–water partition coefficient (Wildman–Crippen LogP) is 2.90. The smallest absolute Gasteiger partial charge is 0.294 e. The Labute approximate surface area is 208 Å². The van der Waals surface area contributed by atoms with E-state index in [2.05, 4.69) is 42.7 Å². The van der Waals surface area contributed by atoms with Crippen LogP contribution < -0.4 is 10.6 Å². The molecule has 4 aromatic heterocycles. The van der Waals surface area contributed by atoms with Crippen molar-refractivity contribution in [3.63, 3.8) is 0 Å². The van der Waals surface area contributed by atoms with Gasteiger partial charge in [0.2, 0.25) is 11.7 Å².